The van der Waals surface area contributed by atoms with Crippen molar-refractivity contribution >= 4 is 138 Å². The quantitative estimate of drug-likeness (QED) is 0.0230. The zero-order chi connectivity index (χ0) is 49.7. The van der Waals surface area contributed by atoms with Crippen LogP contribution in [0.25, 0.3) is 68.3 Å². The van der Waals surface area contributed by atoms with Crippen molar-refractivity contribution in [2.24, 2.45) is 22.9 Å². The van der Waals surface area contributed by atoms with Crippen LogP contribution in [0.2, 0.25) is 0 Å². The molecule has 8 aromatic rings. The van der Waals surface area contributed by atoms with Crippen LogP contribution in [-0.2, 0) is 0 Å². The molecule has 0 aliphatic heterocycles. The highest BCUT2D eigenvalue weighted by Crippen LogP contribution is 2.55. The first-order chi connectivity index (χ1) is 35.6. The Labute approximate surface area is 479 Å². The first-order valence-corrected chi connectivity index (χ1v) is 36.3. The average molecular weight is 1180 g/mol. The number of hydrogen-bond donors (Lipinski definition) is 4. The lowest BCUT2D eigenvalue weighted by molar-refractivity contribution is 0.678. The predicted octanol–water partition coefficient (Wildman–Crippen LogP) is 20.3. The minimum Gasteiger partial charge on any atom is -0.330 e. The van der Waals surface area contributed by atoms with E-state index >= 15 is 0 Å². The summed E-state index contributed by atoms with van der Waals surface area (Å²) in [4.78, 5) is 25.2. The molecule has 4 nitrogen and oxygen atoms in total. The molecule has 8 N–H and O–H groups in total. The summed E-state index contributed by atoms with van der Waals surface area (Å²) in [7, 11) is 0. The Balaban J connectivity index is 1.11. The van der Waals surface area contributed by atoms with Gasteiger partial charge in [0.1, 0.15) is 0 Å². The predicted molar refractivity (Wildman–Crippen MR) is 340 cm³/mol. The van der Waals surface area contributed by atoms with Crippen LogP contribution < -0.4 is 22.9 Å². The molecular weight excluding hydrogens is 1110 g/mol. The van der Waals surface area contributed by atoms with E-state index in [2.05, 4.69) is 107 Å². The molecule has 8 rings (SSSR count). The molecule has 0 aliphatic carbocycles. The molecule has 0 atom stereocenters. The lowest BCUT2D eigenvalue weighted by Gasteiger charge is -2.06. The third kappa shape index (κ3) is 16.4. The molecule has 0 fully saturated rings. The number of unbranched alkanes of at least 4 members (excludes halogenated alkanes) is 12. The van der Waals surface area contributed by atoms with E-state index in [-0.39, 0.29) is 0 Å². The van der Waals surface area contributed by atoms with Gasteiger partial charge in [0.15, 0.2) is 0 Å². The monoisotopic (exact) mass is 1180 g/mol. The van der Waals surface area contributed by atoms with Crippen LogP contribution in [0, 0.1) is 0 Å². The zero-order valence-electron chi connectivity index (χ0n) is 41.3. The second-order valence-electron chi connectivity index (χ2n) is 17.7. The molecule has 72 heavy (non-hydrogen) atoms. The summed E-state index contributed by atoms with van der Waals surface area (Å²) in [6.45, 7) is 3.15. The van der Waals surface area contributed by atoms with Crippen molar-refractivity contribution in [3.63, 3.8) is 0 Å². The molecular formula is C56H70N4S12. The molecule has 16 heteroatoms. The van der Waals surface area contributed by atoms with Gasteiger partial charge in [-0.25, -0.2) is 0 Å². The molecule has 0 aliphatic rings. The van der Waals surface area contributed by atoms with Gasteiger partial charge in [0, 0.05) is 68.4 Å². The van der Waals surface area contributed by atoms with E-state index in [0.717, 1.165) is 74.9 Å². The molecule has 0 spiro atoms. The van der Waals surface area contributed by atoms with Crippen LogP contribution in [0.1, 0.15) is 103 Å². The molecule has 0 amide bonds. The van der Waals surface area contributed by atoms with Gasteiger partial charge in [0.25, 0.3) is 0 Å². The highest BCUT2D eigenvalue weighted by Gasteiger charge is 2.24. The Morgan fingerprint density at radius 3 is 0.889 bits per heavy atom. The molecule has 0 unspecified atom stereocenters. The standard InChI is InChI=1S/C56H70N4S12/c57-25-9-1-5-13-29-63-49-35-45(39-19-17-33-61-39)69-53(49)43-23-21-41(67-43)47-37-51(65-31-15-7-3-11-27-59)55(71-47)56-52(66-32-16-8-4-12-28-60)38-48(72-56)42-22-24-44(68-42)54-50(64-30-14-6-2-10-26-58)36-46(70-54)40-20-18-34-62-40/h17-24,33-38H,1-16,25-32,57-60H2. The zero-order valence-corrected chi connectivity index (χ0v) is 51.1. The average Bonchev–Trinajstić information content (AvgIpc) is 4.25. The van der Waals surface area contributed by atoms with Gasteiger partial charge in [0.2, 0.25) is 0 Å². The van der Waals surface area contributed by atoms with Crippen LogP contribution in [0.15, 0.2) is 103 Å². The fourth-order valence-electron chi connectivity index (χ4n) is 8.22. The Hall–Kier alpha value is -1.16. The van der Waals surface area contributed by atoms with Crippen molar-refractivity contribution in [3.8, 4) is 68.3 Å². The van der Waals surface area contributed by atoms with Gasteiger partial charge in [0.05, 0.1) is 19.5 Å². The summed E-state index contributed by atoms with van der Waals surface area (Å²) < 4.78 is 0. The van der Waals surface area contributed by atoms with Gasteiger partial charge in [-0.15, -0.1) is 138 Å². The van der Waals surface area contributed by atoms with Gasteiger partial charge in [-0.05, 0) is 172 Å². The number of rotatable bonds is 35. The molecule has 8 heterocycles. The molecule has 0 saturated carbocycles. The van der Waals surface area contributed by atoms with E-state index in [4.69, 9.17) is 22.9 Å². The largest absolute Gasteiger partial charge is 0.330 e. The molecule has 8 aromatic heterocycles. The Bertz CT molecular complexity index is 2560. The maximum atomic E-state index is 5.89. The van der Waals surface area contributed by atoms with Crippen molar-refractivity contribution < 1.29 is 0 Å². The number of hydrogen-bond acceptors (Lipinski definition) is 16. The number of thiophene rings is 8. The van der Waals surface area contributed by atoms with E-state index in [0.29, 0.717) is 0 Å². The van der Waals surface area contributed by atoms with Crippen molar-refractivity contribution in [2.45, 2.75) is 122 Å². The summed E-state index contributed by atoms with van der Waals surface area (Å²) in [5, 5.41) is 4.40. The molecule has 0 bridgehead atoms. The second-order valence-corrected chi connectivity index (χ2v) is 30.5. The maximum absolute atomic E-state index is 5.89. The summed E-state index contributed by atoms with van der Waals surface area (Å²) in [5.74, 6) is 4.52. The Morgan fingerprint density at radius 2 is 0.569 bits per heavy atom. The molecule has 0 aromatic carbocycles. The van der Waals surface area contributed by atoms with Gasteiger partial charge in [-0.2, -0.15) is 0 Å². The number of thioether (sulfide) groups is 4. The summed E-state index contributed by atoms with van der Waals surface area (Å²) in [6, 6.07) is 28.5. The van der Waals surface area contributed by atoms with Crippen molar-refractivity contribution in [1.29, 1.82) is 0 Å². The first-order valence-electron chi connectivity index (χ1n) is 25.7. The third-order valence-electron chi connectivity index (χ3n) is 12.1. The van der Waals surface area contributed by atoms with Crippen LogP contribution in [0.4, 0.5) is 0 Å². The van der Waals surface area contributed by atoms with Gasteiger partial charge >= 0.3 is 0 Å². The first kappa shape index (κ1) is 57.0. The summed E-state index contributed by atoms with van der Waals surface area (Å²) in [6.07, 6.45) is 19.2. The second kappa shape index (κ2) is 31.3. The van der Waals surface area contributed by atoms with E-state index in [1.165, 1.54) is 165 Å². The minimum atomic E-state index is 0.781. The molecule has 386 valence electrons. The summed E-state index contributed by atoms with van der Waals surface area (Å²) >= 11 is 23.8. The Morgan fingerprint density at radius 1 is 0.278 bits per heavy atom. The third-order valence-corrected chi connectivity index (χ3v) is 26.9. The van der Waals surface area contributed by atoms with Gasteiger partial charge in [-0.1, -0.05) is 63.5 Å². The van der Waals surface area contributed by atoms with Gasteiger partial charge < -0.3 is 22.9 Å². The highest BCUT2D eigenvalue weighted by molar-refractivity contribution is 8.00. The lowest BCUT2D eigenvalue weighted by atomic mass is 10.2. The maximum Gasteiger partial charge on any atom is 0.0596 e. The Kier molecular flexibility index (Phi) is 24.8. The SMILES string of the molecule is NCCCCCCSc1cc(-c2cccs2)sc1-c1ccc(-c2cc(SCCCCCCN)c(-c3sc(-c4ccc(-c5sc(-c6cccs6)cc5SCCCCCCN)s4)cc3SCCCCCCN)s2)s1. The fraction of sp³-hybridized carbons (Fsp3) is 0.429. The van der Waals surface area contributed by atoms with Gasteiger partial charge in [-0.3, -0.25) is 0 Å². The minimum absolute atomic E-state index is 0.781. The van der Waals surface area contributed by atoms with Crippen LogP contribution in [-0.4, -0.2) is 49.2 Å². The smallest absolute Gasteiger partial charge is 0.0596 e. The normalized spacial score (nSPS) is 11.8. The molecule has 0 saturated heterocycles. The van der Waals surface area contributed by atoms with Crippen LogP contribution >= 0.6 is 138 Å². The van der Waals surface area contributed by atoms with E-state index in [9.17, 15) is 0 Å². The number of nitrogens with two attached hydrogens (primary N) is 4. The highest BCUT2D eigenvalue weighted by atomic mass is 32.2. The topological polar surface area (TPSA) is 104 Å². The van der Waals surface area contributed by atoms with Crippen molar-refractivity contribution in [1.82, 2.24) is 0 Å². The lowest BCUT2D eigenvalue weighted by Crippen LogP contribution is -1.97. The fourth-order valence-corrected chi connectivity index (χ4v) is 22.5. The van der Waals surface area contributed by atoms with E-state index in [1.54, 1.807) is 0 Å². The van der Waals surface area contributed by atoms with Crippen LogP contribution in [0.3, 0.4) is 0 Å². The van der Waals surface area contributed by atoms with E-state index < -0.39 is 0 Å². The van der Waals surface area contributed by atoms with Crippen molar-refractivity contribution in [2.75, 3.05) is 49.2 Å². The van der Waals surface area contributed by atoms with Crippen molar-refractivity contribution in [3.05, 3.63) is 83.6 Å². The summed E-state index contributed by atoms with van der Waals surface area (Å²) in [5.41, 5.74) is 23.4. The molecule has 0 radical (unpaired) electrons. The van der Waals surface area contributed by atoms with Crippen LogP contribution in [0.5, 0.6) is 0 Å². The van der Waals surface area contributed by atoms with E-state index in [1.807, 2.05) is 114 Å².